The number of hydrogen-bond acceptors (Lipinski definition) is 2. The third kappa shape index (κ3) is 3.24. The minimum atomic E-state index is -0.744. The number of carbonyl (C=O) groups is 1. The molecule has 2 N–H and O–H groups in total. The summed E-state index contributed by atoms with van der Waals surface area (Å²) in [6.45, 7) is 0. The van der Waals surface area contributed by atoms with Crippen LogP contribution in [0.5, 0.6) is 0 Å². The van der Waals surface area contributed by atoms with Crippen LogP contribution in [0.15, 0.2) is 72.8 Å². The van der Waals surface area contributed by atoms with Gasteiger partial charge in [0, 0.05) is 23.0 Å². The molecule has 2 atom stereocenters. The Kier molecular flexibility index (Phi) is 4.49. The lowest BCUT2D eigenvalue weighted by molar-refractivity contribution is -0.116. The van der Waals surface area contributed by atoms with Crippen LogP contribution in [-0.2, 0) is 4.79 Å². The molecule has 0 bridgehead atoms. The highest BCUT2D eigenvalue weighted by Gasteiger charge is 2.27. The third-order valence-electron chi connectivity index (χ3n) is 4.82. The van der Waals surface area contributed by atoms with Crippen molar-refractivity contribution in [1.82, 2.24) is 0 Å². The van der Waals surface area contributed by atoms with Gasteiger partial charge in [0.25, 0.3) is 0 Å². The standard InChI is InChI=1S/C22H18ClNO2/c23-17-9-6-15(7-10-17)22(26)16-8-11-20-19(12-16)18(13-21(25)24-20)14-4-2-1-3-5-14/h1-12,18,22,26H,13H2,(H,24,25). The van der Waals surface area contributed by atoms with E-state index in [1.165, 1.54) is 0 Å². The smallest absolute Gasteiger partial charge is 0.225 e. The van der Waals surface area contributed by atoms with Gasteiger partial charge in [-0.25, -0.2) is 0 Å². The molecule has 0 aliphatic carbocycles. The van der Waals surface area contributed by atoms with Crippen molar-refractivity contribution in [1.29, 1.82) is 0 Å². The minimum absolute atomic E-state index is 0.0114. The lowest BCUT2D eigenvalue weighted by Gasteiger charge is -2.27. The van der Waals surface area contributed by atoms with Gasteiger partial charge in [0.15, 0.2) is 0 Å². The van der Waals surface area contributed by atoms with E-state index in [-0.39, 0.29) is 11.8 Å². The van der Waals surface area contributed by atoms with Crippen molar-refractivity contribution >= 4 is 23.2 Å². The largest absolute Gasteiger partial charge is 0.384 e. The molecular weight excluding hydrogens is 346 g/mol. The summed E-state index contributed by atoms with van der Waals surface area (Å²) in [5.74, 6) is -0.00493. The predicted octanol–water partition coefficient (Wildman–Crippen LogP) is 4.90. The van der Waals surface area contributed by atoms with Crippen LogP contribution in [0, 0.1) is 0 Å². The molecule has 4 heteroatoms. The van der Waals surface area contributed by atoms with E-state index in [9.17, 15) is 9.90 Å². The highest BCUT2D eigenvalue weighted by molar-refractivity contribution is 6.30. The van der Waals surface area contributed by atoms with Gasteiger partial charge < -0.3 is 10.4 Å². The topological polar surface area (TPSA) is 49.3 Å². The van der Waals surface area contributed by atoms with Crippen LogP contribution < -0.4 is 5.32 Å². The highest BCUT2D eigenvalue weighted by atomic mass is 35.5. The van der Waals surface area contributed by atoms with Gasteiger partial charge in [-0.3, -0.25) is 4.79 Å². The van der Waals surface area contributed by atoms with Crippen molar-refractivity contribution < 1.29 is 9.90 Å². The molecule has 26 heavy (non-hydrogen) atoms. The van der Waals surface area contributed by atoms with Gasteiger partial charge >= 0.3 is 0 Å². The molecule has 3 nitrogen and oxygen atoms in total. The molecule has 0 saturated carbocycles. The lowest BCUT2D eigenvalue weighted by Crippen LogP contribution is -2.23. The molecule has 1 heterocycles. The fraction of sp³-hybridized carbons (Fsp3) is 0.136. The summed E-state index contributed by atoms with van der Waals surface area (Å²) in [7, 11) is 0. The predicted molar refractivity (Wildman–Crippen MR) is 103 cm³/mol. The van der Waals surface area contributed by atoms with Gasteiger partial charge in [0.1, 0.15) is 6.10 Å². The van der Waals surface area contributed by atoms with Crippen LogP contribution in [0.25, 0.3) is 0 Å². The number of fused-ring (bicyclic) bond motifs is 1. The van der Waals surface area contributed by atoms with Crippen LogP contribution >= 0.6 is 11.6 Å². The molecule has 3 aromatic rings. The van der Waals surface area contributed by atoms with E-state index in [0.717, 1.165) is 27.9 Å². The Morgan fingerprint density at radius 2 is 1.65 bits per heavy atom. The van der Waals surface area contributed by atoms with E-state index < -0.39 is 6.10 Å². The van der Waals surface area contributed by atoms with Crippen molar-refractivity contribution in [3.63, 3.8) is 0 Å². The Bertz CT molecular complexity index is 938. The fourth-order valence-corrected chi connectivity index (χ4v) is 3.60. The van der Waals surface area contributed by atoms with Gasteiger partial charge in [-0.1, -0.05) is 66.2 Å². The Labute approximate surface area is 157 Å². The molecule has 130 valence electrons. The van der Waals surface area contributed by atoms with Crippen molar-refractivity contribution in [2.75, 3.05) is 5.32 Å². The molecule has 0 spiro atoms. The molecule has 0 radical (unpaired) electrons. The summed E-state index contributed by atoms with van der Waals surface area (Å²) in [4.78, 5) is 12.1. The maximum Gasteiger partial charge on any atom is 0.225 e. The molecule has 1 aliphatic rings. The van der Waals surface area contributed by atoms with Gasteiger partial charge in [-0.2, -0.15) is 0 Å². The number of halogens is 1. The molecule has 3 aromatic carbocycles. The number of nitrogens with one attached hydrogen (secondary N) is 1. The van der Waals surface area contributed by atoms with E-state index in [1.54, 1.807) is 12.1 Å². The van der Waals surface area contributed by atoms with Gasteiger partial charge in [-0.05, 0) is 40.5 Å². The van der Waals surface area contributed by atoms with E-state index in [1.807, 2.05) is 60.7 Å². The third-order valence-corrected chi connectivity index (χ3v) is 5.07. The zero-order valence-electron chi connectivity index (χ0n) is 14.0. The summed E-state index contributed by atoms with van der Waals surface area (Å²) in [6, 6.07) is 22.9. The average Bonchev–Trinajstić information content (AvgIpc) is 2.68. The Balaban J connectivity index is 1.74. The van der Waals surface area contributed by atoms with Crippen molar-refractivity contribution in [3.8, 4) is 0 Å². The lowest BCUT2D eigenvalue weighted by atomic mass is 9.83. The monoisotopic (exact) mass is 363 g/mol. The number of rotatable bonds is 3. The van der Waals surface area contributed by atoms with E-state index in [2.05, 4.69) is 5.32 Å². The number of aliphatic hydroxyl groups excluding tert-OH is 1. The van der Waals surface area contributed by atoms with Crippen molar-refractivity contribution in [2.24, 2.45) is 0 Å². The first-order chi connectivity index (χ1) is 12.6. The van der Waals surface area contributed by atoms with E-state index >= 15 is 0 Å². The van der Waals surface area contributed by atoms with Gasteiger partial charge in [0.2, 0.25) is 5.91 Å². The number of amides is 1. The normalized spacial score (nSPS) is 17.3. The molecule has 1 amide bonds. The molecule has 2 unspecified atom stereocenters. The van der Waals surface area contributed by atoms with Gasteiger partial charge in [0.05, 0.1) is 0 Å². The fourth-order valence-electron chi connectivity index (χ4n) is 3.47. The molecule has 4 rings (SSSR count). The average molecular weight is 364 g/mol. The number of anilines is 1. The zero-order valence-corrected chi connectivity index (χ0v) is 14.8. The van der Waals surface area contributed by atoms with Crippen molar-refractivity contribution in [3.05, 3.63) is 100 Å². The first-order valence-electron chi connectivity index (χ1n) is 8.54. The van der Waals surface area contributed by atoms with Crippen LogP contribution in [0.4, 0.5) is 5.69 Å². The Hall–Kier alpha value is -2.62. The molecule has 1 aliphatic heterocycles. The Morgan fingerprint density at radius 1 is 0.962 bits per heavy atom. The van der Waals surface area contributed by atoms with Crippen LogP contribution in [0.3, 0.4) is 0 Å². The summed E-state index contributed by atoms with van der Waals surface area (Å²) >= 11 is 5.94. The highest BCUT2D eigenvalue weighted by Crippen LogP contribution is 2.39. The van der Waals surface area contributed by atoms with E-state index in [0.29, 0.717) is 11.4 Å². The molecule has 0 aromatic heterocycles. The Morgan fingerprint density at radius 3 is 2.38 bits per heavy atom. The maximum absolute atomic E-state index is 12.1. The summed E-state index contributed by atoms with van der Waals surface area (Å²) < 4.78 is 0. The SMILES string of the molecule is O=C1CC(c2ccccc2)c2cc(C(O)c3ccc(Cl)cc3)ccc2N1. The van der Waals surface area contributed by atoms with E-state index in [4.69, 9.17) is 11.6 Å². The van der Waals surface area contributed by atoms with Crippen LogP contribution in [-0.4, -0.2) is 11.0 Å². The zero-order chi connectivity index (χ0) is 18.1. The number of hydrogen-bond donors (Lipinski definition) is 2. The second-order valence-electron chi connectivity index (χ2n) is 6.52. The van der Waals surface area contributed by atoms with Crippen LogP contribution in [0.1, 0.15) is 40.7 Å². The number of benzene rings is 3. The second kappa shape index (κ2) is 6.94. The number of aliphatic hydroxyl groups is 1. The first kappa shape index (κ1) is 16.8. The molecule has 0 saturated heterocycles. The summed E-state index contributed by atoms with van der Waals surface area (Å²) in [5, 5.41) is 14.3. The first-order valence-corrected chi connectivity index (χ1v) is 8.92. The summed E-state index contributed by atoms with van der Waals surface area (Å²) in [5.41, 5.74) is 4.51. The molecule has 0 fully saturated rings. The van der Waals surface area contributed by atoms with Gasteiger partial charge in [-0.15, -0.1) is 0 Å². The number of carbonyl (C=O) groups excluding carboxylic acids is 1. The quantitative estimate of drug-likeness (QED) is 0.695. The molecular formula is C22H18ClNO2. The minimum Gasteiger partial charge on any atom is -0.384 e. The second-order valence-corrected chi connectivity index (χ2v) is 6.95. The maximum atomic E-state index is 12.1. The van der Waals surface area contributed by atoms with Crippen molar-refractivity contribution in [2.45, 2.75) is 18.4 Å². The summed E-state index contributed by atoms with van der Waals surface area (Å²) in [6.07, 6.45) is -0.344. The van der Waals surface area contributed by atoms with Crippen LogP contribution in [0.2, 0.25) is 5.02 Å².